The molecule has 3 rings (SSSR count). The van der Waals surface area contributed by atoms with Crippen LogP contribution in [0.2, 0.25) is 10.0 Å². The number of benzene rings is 3. The number of nitrogens with zero attached hydrogens (tertiary/aromatic N) is 1. The lowest BCUT2D eigenvalue weighted by molar-refractivity contribution is -0.112. The molecule has 0 radical (unpaired) electrons. The number of hydrogen-bond acceptors (Lipinski definition) is 4. The molecule has 0 saturated heterocycles. The average Bonchev–Trinajstić information content (AvgIpc) is 2.78. The maximum atomic E-state index is 12.5. The van der Waals surface area contributed by atoms with Crippen molar-refractivity contribution in [2.75, 3.05) is 12.4 Å². The second kappa shape index (κ2) is 11.1. The maximum Gasteiger partial charge on any atom is 0.266 e. The number of amides is 1. The molecule has 0 spiro atoms. The van der Waals surface area contributed by atoms with Crippen molar-refractivity contribution in [3.8, 4) is 17.6 Å². The van der Waals surface area contributed by atoms with Gasteiger partial charge in [-0.3, -0.25) is 4.79 Å². The van der Waals surface area contributed by atoms with Gasteiger partial charge >= 0.3 is 0 Å². The second-order valence-corrected chi connectivity index (χ2v) is 8.26. The molecular weight excluding hydrogens is 515 g/mol. The Morgan fingerprint density at radius 1 is 1.12 bits per heavy atom. The van der Waals surface area contributed by atoms with E-state index in [1.165, 1.54) is 6.08 Å². The van der Waals surface area contributed by atoms with E-state index in [1.807, 2.05) is 6.07 Å². The van der Waals surface area contributed by atoms with Gasteiger partial charge in [-0.15, -0.1) is 0 Å². The molecule has 1 N–H and O–H groups in total. The van der Waals surface area contributed by atoms with Crippen LogP contribution in [0, 0.1) is 11.3 Å². The number of carbonyl (C=O) groups is 1. The van der Waals surface area contributed by atoms with Gasteiger partial charge in [0.2, 0.25) is 0 Å². The Balaban J connectivity index is 1.70. The number of rotatable bonds is 7. The van der Waals surface area contributed by atoms with Gasteiger partial charge in [-0.1, -0.05) is 35.3 Å². The predicted octanol–water partition coefficient (Wildman–Crippen LogP) is 6.89. The zero-order chi connectivity index (χ0) is 23.1. The number of methoxy groups -OCH3 is 1. The molecule has 0 fully saturated rings. The third-order valence-corrected chi connectivity index (χ3v) is 5.58. The maximum absolute atomic E-state index is 12.5. The lowest BCUT2D eigenvalue weighted by Crippen LogP contribution is -2.13. The van der Waals surface area contributed by atoms with Gasteiger partial charge in [-0.05, 0) is 76.1 Å². The number of halogens is 3. The van der Waals surface area contributed by atoms with Crippen LogP contribution >= 0.6 is 39.1 Å². The summed E-state index contributed by atoms with van der Waals surface area (Å²) in [6.07, 6.45) is 1.50. The fraction of sp³-hybridized carbons (Fsp3) is 0.0833. The van der Waals surface area contributed by atoms with Crippen molar-refractivity contribution >= 4 is 56.8 Å². The second-order valence-electron chi connectivity index (χ2n) is 6.57. The summed E-state index contributed by atoms with van der Waals surface area (Å²) in [6, 6.07) is 19.2. The quantitative estimate of drug-likeness (QED) is 0.266. The number of nitriles is 1. The van der Waals surface area contributed by atoms with Crippen molar-refractivity contribution < 1.29 is 14.3 Å². The molecule has 0 aromatic heterocycles. The monoisotopic (exact) mass is 530 g/mol. The summed E-state index contributed by atoms with van der Waals surface area (Å²) in [5.41, 5.74) is 1.99. The van der Waals surface area contributed by atoms with Gasteiger partial charge in [0.25, 0.3) is 5.91 Å². The van der Waals surface area contributed by atoms with Crippen LogP contribution in [0.4, 0.5) is 5.69 Å². The van der Waals surface area contributed by atoms with Gasteiger partial charge in [0.05, 0.1) is 11.6 Å². The number of ether oxygens (including phenoxy) is 2. The van der Waals surface area contributed by atoms with Crippen LogP contribution in [0.25, 0.3) is 6.08 Å². The highest BCUT2D eigenvalue weighted by Crippen LogP contribution is 2.29. The summed E-state index contributed by atoms with van der Waals surface area (Å²) in [6.45, 7) is 0.261. The molecule has 0 saturated carbocycles. The minimum atomic E-state index is -0.508. The van der Waals surface area contributed by atoms with Gasteiger partial charge in [0, 0.05) is 21.3 Å². The van der Waals surface area contributed by atoms with Crippen LogP contribution in [0.5, 0.6) is 11.5 Å². The normalized spacial score (nSPS) is 10.9. The Hall–Kier alpha value is -2.98. The number of anilines is 1. The standard InChI is InChI=1S/C24H17BrCl2N2O3/c1-31-20-7-5-19(6-8-20)29-24(30)17(13-28)10-15-2-9-23(21(25)11-15)32-14-16-3-4-18(26)12-22(16)27/h2-12H,14H2,1H3,(H,29,30)/b17-10-. The molecule has 0 unspecified atom stereocenters. The Kier molecular flexibility index (Phi) is 8.18. The summed E-state index contributed by atoms with van der Waals surface area (Å²) in [4.78, 5) is 12.5. The summed E-state index contributed by atoms with van der Waals surface area (Å²) in [5.74, 6) is 0.755. The Bertz CT molecular complexity index is 1200. The molecule has 3 aromatic carbocycles. The summed E-state index contributed by atoms with van der Waals surface area (Å²) >= 11 is 15.6. The fourth-order valence-electron chi connectivity index (χ4n) is 2.71. The predicted molar refractivity (Wildman–Crippen MR) is 130 cm³/mol. The summed E-state index contributed by atoms with van der Waals surface area (Å²) in [5, 5.41) is 13.2. The van der Waals surface area contributed by atoms with Gasteiger partial charge < -0.3 is 14.8 Å². The van der Waals surface area contributed by atoms with E-state index in [-0.39, 0.29) is 12.2 Å². The van der Waals surface area contributed by atoms with Crippen molar-refractivity contribution in [3.63, 3.8) is 0 Å². The highest BCUT2D eigenvalue weighted by atomic mass is 79.9. The molecule has 8 heteroatoms. The lowest BCUT2D eigenvalue weighted by atomic mass is 10.1. The first kappa shape index (κ1) is 23.7. The molecule has 32 heavy (non-hydrogen) atoms. The Morgan fingerprint density at radius 3 is 2.50 bits per heavy atom. The van der Waals surface area contributed by atoms with E-state index in [2.05, 4.69) is 21.2 Å². The molecule has 0 heterocycles. The minimum Gasteiger partial charge on any atom is -0.497 e. The van der Waals surface area contributed by atoms with E-state index < -0.39 is 5.91 Å². The minimum absolute atomic E-state index is 0.0330. The van der Waals surface area contributed by atoms with Crippen molar-refractivity contribution in [2.24, 2.45) is 0 Å². The zero-order valence-corrected chi connectivity index (χ0v) is 20.0. The lowest BCUT2D eigenvalue weighted by Gasteiger charge is -2.10. The first-order valence-electron chi connectivity index (χ1n) is 9.33. The van der Waals surface area contributed by atoms with Crippen LogP contribution in [-0.2, 0) is 11.4 Å². The number of nitrogens with one attached hydrogen (secondary N) is 1. The third-order valence-electron chi connectivity index (χ3n) is 4.38. The van der Waals surface area contributed by atoms with Crippen molar-refractivity contribution in [2.45, 2.75) is 6.61 Å². The van der Waals surface area contributed by atoms with Gasteiger partial charge in [-0.25, -0.2) is 0 Å². The highest BCUT2D eigenvalue weighted by molar-refractivity contribution is 9.10. The van der Waals surface area contributed by atoms with Gasteiger partial charge in [-0.2, -0.15) is 5.26 Å². The Labute approximate surface area is 204 Å². The van der Waals surface area contributed by atoms with Crippen LogP contribution < -0.4 is 14.8 Å². The summed E-state index contributed by atoms with van der Waals surface area (Å²) in [7, 11) is 1.56. The van der Waals surface area contributed by atoms with E-state index in [0.717, 1.165) is 5.56 Å². The first-order valence-corrected chi connectivity index (χ1v) is 10.9. The molecular formula is C24H17BrCl2N2O3. The van der Waals surface area contributed by atoms with Gasteiger partial charge in [0.1, 0.15) is 29.7 Å². The largest absolute Gasteiger partial charge is 0.497 e. The van der Waals surface area contributed by atoms with E-state index in [9.17, 15) is 10.1 Å². The molecule has 3 aromatic rings. The molecule has 0 atom stereocenters. The molecule has 0 aliphatic rings. The zero-order valence-electron chi connectivity index (χ0n) is 16.9. The van der Waals surface area contributed by atoms with Crippen LogP contribution in [0.3, 0.4) is 0 Å². The molecule has 5 nitrogen and oxygen atoms in total. The smallest absolute Gasteiger partial charge is 0.266 e. The molecule has 162 valence electrons. The van der Waals surface area contributed by atoms with Gasteiger partial charge in [0.15, 0.2) is 0 Å². The molecule has 0 bridgehead atoms. The SMILES string of the molecule is COc1ccc(NC(=O)/C(C#N)=C\c2ccc(OCc3ccc(Cl)cc3Cl)c(Br)c2)cc1. The molecule has 1 amide bonds. The van der Waals surface area contributed by atoms with Crippen LogP contribution in [0.15, 0.2) is 70.7 Å². The summed E-state index contributed by atoms with van der Waals surface area (Å²) < 4.78 is 11.6. The Morgan fingerprint density at radius 2 is 1.88 bits per heavy atom. The number of carbonyl (C=O) groups excluding carboxylic acids is 1. The molecule has 0 aliphatic carbocycles. The van der Waals surface area contributed by atoms with Crippen LogP contribution in [-0.4, -0.2) is 13.0 Å². The van der Waals surface area contributed by atoms with E-state index >= 15 is 0 Å². The fourth-order valence-corrected chi connectivity index (χ4v) is 3.68. The average molecular weight is 532 g/mol. The third kappa shape index (κ3) is 6.27. The van der Waals surface area contributed by atoms with E-state index in [0.29, 0.717) is 37.3 Å². The van der Waals surface area contributed by atoms with Crippen molar-refractivity contribution in [1.82, 2.24) is 0 Å². The molecule has 0 aliphatic heterocycles. The van der Waals surface area contributed by atoms with Crippen molar-refractivity contribution in [1.29, 1.82) is 5.26 Å². The van der Waals surface area contributed by atoms with E-state index in [4.69, 9.17) is 32.7 Å². The van der Waals surface area contributed by atoms with E-state index in [1.54, 1.807) is 67.8 Å². The highest BCUT2D eigenvalue weighted by Gasteiger charge is 2.11. The van der Waals surface area contributed by atoms with Crippen molar-refractivity contribution in [3.05, 3.63) is 91.9 Å². The number of hydrogen-bond donors (Lipinski definition) is 1. The first-order chi connectivity index (χ1) is 15.4. The van der Waals surface area contributed by atoms with Crippen LogP contribution in [0.1, 0.15) is 11.1 Å². The topological polar surface area (TPSA) is 71.3 Å².